The molecule has 2 aromatic carbocycles. The predicted molar refractivity (Wildman–Crippen MR) is 99.8 cm³/mol. The molecule has 0 bridgehead atoms. The molecule has 3 nitrogen and oxygen atoms in total. The van der Waals surface area contributed by atoms with Gasteiger partial charge >= 0.3 is 0 Å². The minimum Gasteiger partial charge on any atom is -0.496 e. The van der Waals surface area contributed by atoms with Gasteiger partial charge in [-0.3, -0.25) is 9.69 Å². The van der Waals surface area contributed by atoms with Crippen molar-refractivity contribution in [3.05, 3.63) is 54.1 Å². The summed E-state index contributed by atoms with van der Waals surface area (Å²) in [4.78, 5) is 14.9. The number of hydrogen-bond donors (Lipinski definition) is 0. The van der Waals surface area contributed by atoms with Crippen molar-refractivity contribution in [2.24, 2.45) is 0 Å². The maximum atomic E-state index is 12.7. The summed E-state index contributed by atoms with van der Waals surface area (Å²) in [5.41, 5.74) is 2.76. The summed E-state index contributed by atoms with van der Waals surface area (Å²) in [5, 5.41) is 0. The lowest BCUT2D eigenvalue weighted by molar-refractivity contribution is 0.0930. The third-order valence-electron chi connectivity index (χ3n) is 4.05. The molecule has 0 aliphatic heterocycles. The zero-order valence-electron chi connectivity index (χ0n) is 14.9. The van der Waals surface area contributed by atoms with Gasteiger partial charge < -0.3 is 4.74 Å². The minimum absolute atomic E-state index is 0.164. The molecule has 24 heavy (non-hydrogen) atoms. The molecule has 0 N–H and O–H groups in total. The number of methoxy groups -OCH3 is 1. The minimum atomic E-state index is 0.164. The Balaban J connectivity index is 2.26. The van der Waals surface area contributed by atoms with Crippen molar-refractivity contribution in [2.45, 2.75) is 26.7 Å². The summed E-state index contributed by atoms with van der Waals surface area (Å²) in [7, 11) is 1.66. The van der Waals surface area contributed by atoms with Gasteiger partial charge in [0.05, 0.1) is 13.7 Å². The Morgan fingerprint density at radius 2 is 1.67 bits per heavy atom. The molecule has 0 radical (unpaired) electrons. The first kappa shape index (κ1) is 18.2. The molecule has 0 saturated carbocycles. The first-order chi connectivity index (χ1) is 11.7. The van der Waals surface area contributed by atoms with Gasteiger partial charge in [-0.2, -0.15) is 0 Å². The van der Waals surface area contributed by atoms with Crippen LogP contribution >= 0.6 is 0 Å². The van der Waals surface area contributed by atoms with Crippen LogP contribution in [0.4, 0.5) is 0 Å². The van der Waals surface area contributed by atoms with Crippen LogP contribution in [0.1, 0.15) is 37.0 Å². The van der Waals surface area contributed by atoms with Crippen LogP contribution in [0.25, 0.3) is 11.1 Å². The van der Waals surface area contributed by atoms with Crippen LogP contribution in [-0.2, 0) is 0 Å². The zero-order chi connectivity index (χ0) is 17.4. The summed E-state index contributed by atoms with van der Waals surface area (Å²) < 4.78 is 5.47. The van der Waals surface area contributed by atoms with Gasteiger partial charge in [0.2, 0.25) is 0 Å². The van der Waals surface area contributed by atoms with Gasteiger partial charge in [-0.25, -0.2) is 0 Å². The number of carbonyl (C=O) groups is 1. The summed E-state index contributed by atoms with van der Waals surface area (Å²) in [6.07, 6.45) is 2.12. The average molecular weight is 325 g/mol. The average Bonchev–Trinajstić information content (AvgIpc) is 2.62. The van der Waals surface area contributed by atoms with Crippen molar-refractivity contribution in [2.75, 3.05) is 26.7 Å². The highest BCUT2D eigenvalue weighted by Crippen LogP contribution is 2.30. The van der Waals surface area contributed by atoms with Crippen molar-refractivity contribution in [3.8, 4) is 16.9 Å². The number of hydrogen-bond acceptors (Lipinski definition) is 3. The maximum Gasteiger partial charge on any atom is 0.176 e. The molecule has 0 atom stereocenters. The van der Waals surface area contributed by atoms with Gasteiger partial charge in [-0.05, 0) is 49.7 Å². The maximum absolute atomic E-state index is 12.7. The molecule has 0 aromatic heterocycles. The molecule has 128 valence electrons. The zero-order valence-corrected chi connectivity index (χ0v) is 14.9. The van der Waals surface area contributed by atoms with E-state index in [9.17, 15) is 4.79 Å². The lowest BCUT2D eigenvalue weighted by Gasteiger charge is -2.20. The molecule has 0 amide bonds. The van der Waals surface area contributed by atoms with Crippen LogP contribution in [0, 0.1) is 0 Å². The Kier molecular flexibility index (Phi) is 7.01. The van der Waals surface area contributed by atoms with E-state index in [2.05, 4.69) is 18.7 Å². The summed E-state index contributed by atoms with van der Waals surface area (Å²) in [6.45, 7) is 6.69. The molecular formula is C21H27NO2. The molecule has 0 aliphatic rings. The molecule has 0 spiro atoms. The quantitative estimate of drug-likeness (QED) is 0.628. The highest BCUT2D eigenvalue weighted by molar-refractivity contribution is 5.99. The second kappa shape index (κ2) is 9.24. The van der Waals surface area contributed by atoms with Crippen molar-refractivity contribution < 1.29 is 9.53 Å². The van der Waals surface area contributed by atoms with E-state index in [1.54, 1.807) is 7.11 Å². The van der Waals surface area contributed by atoms with E-state index in [0.29, 0.717) is 6.54 Å². The fraction of sp³-hybridized carbons (Fsp3) is 0.381. The summed E-state index contributed by atoms with van der Waals surface area (Å²) in [5.74, 6) is 0.952. The molecule has 0 unspecified atom stereocenters. The fourth-order valence-electron chi connectivity index (χ4n) is 2.92. The number of ketones is 1. The van der Waals surface area contributed by atoms with E-state index in [0.717, 1.165) is 48.4 Å². The van der Waals surface area contributed by atoms with Crippen LogP contribution in [0.5, 0.6) is 5.75 Å². The van der Waals surface area contributed by atoms with Crippen molar-refractivity contribution in [1.29, 1.82) is 0 Å². The molecule has 2 rings (SSSR count). The van der Waals surface area contributed by atoms with Crippen LogP contribution < -0.4 is 4.74 Å². The third-order valence-corrected chi connectivity index (χ3v) is 4.05. The Labute approximate surface area is 145 Å². The standard InChI is InChI=1S/C21H27NO2/c1-4-13-22(14-5-2)16-20(23)18-11-12-21(24-3)19(15-18)17-9-7-6-8-10-17/h6-12,15H,4-5,13-14,16H2,1-3H3. The third kappa shape index (κ3) is 4.68. The fourth-order valence-corrected chi connectivity index (χ4v) is 2.92. The molecule has 0 heterocycles. The highest BCUT2D eigenvalue weighted by atomic mass is 16.5. The number of carbonyl (C=O) groups excluding carboxylic acids is 1. The van der Waals surface area contributed by atoms with E-state index < -0.39 is 0 Å². The van der Waals surface area contributed by atoms with Gasteiger partial charge in [0.1, 0.15) is 5.75 Å². The van der Waals surface area contributed by atoms with Crippen LogP contribution in [0.3, 0.4) is 0 Å². The Morgan fingerprint density at radius 1 is 1.00 bits per heavy atom. The van der Waals surface area contributed by atoms with Crippen LogP contribution in [0.2, 0.25) is 0 Å². The molecule has 0 saturated heterocycles. The second-order valence-corrected chi connectivity index (χ2v) is 5.98. The molecular weight excluding hydrogens is 298 g/mol. The SMILES string of the molecule is CCCN(CCC)CC(=O)c1ccc(OC)c(-c2ccccc2)c1. The topological polar surface area (TPSA) is 29.5 Å². The van der Waals surface area contributed by atoms with Gasteiger partial charge in [-0.1, -0.05) is 44.2 Å². The highest BCUT2D eigenvalue weighted by Gasteiger charge is 2.14. The van der Waals surface area contributed by atoms with E-state index >= 15 is 0 Å². The first-order valence-electron chi connectivity index (χ1n) is 8.68. The van der Waals surface area contributed by atoms with E-state index in [1.807, 2.05) is 48.5 Å². The monoisotopic (exact) mass is 325 g/mol. The summed E-state index contributed by atoms with van der Waals surface area (Å²) in [6, 6.07) is 15.7. The second-order valence-electron chi connectivity index (χ2n) is 5.98. The Bertz CT molecular complexity index is 646. The van der Waals surface area contributed by atoms with Crippen LogP contribution in [-0.4, -0.2) is 37.4 Å². The van der Waals surface area contributed by atoms with Crippen molar-refractivity contribution in [1.82, 2.24) is 4.90 Å². The molecule has 0 fully saturated rings. The normalized spacial score (nSPS) is 10.8. The van der Waals surface area contributed by atoms with E-state index in [-0.39, 0.29) is 5.78 Å². The van der Waals surface area contributed by atoms with Gasteiger partial charge in [0, 0.05) is 11.1 Å². The molecule has 3 heteroatoms. The van der Waals surface area contributed by atoms with Crippen molar-refractivity contribution >= 4 is 5.78 Å². The largest absolute Gasteiger partial charge is 0.496 e. The number of nitrogens with zero attached hydrogens (tertiary/aromatic N) is 1. The predicted octanol–water partition coefficient (Wildman–Crippen LogP) is 4.67. The van der Waals surface area contributed by atoms with Gasteiger partial charge in [0.25, 0.3) is 0 Å². The Morgan fingerprint density at radius 3 is 2.25 bits per heavy atom. The lowest BCUT2D eigenvalue weighted by Crippen LogP contribution is -2.31. The van der Waals surface area contributed by atoms with E-state index in [1.165, 1.54) is 0 Å². The molecule has 0 aliphatic carbocycles. The smallest absolute Gasteiger partial charge is 0.176 e. The van der Waals surface area contributed by atoms with Gasteiger partial charge in [0.15, 0.2) is 5.78 Å². The number of rotatable bonds is 9. The lowest BCUT2D eigenvalue weighted by atomic mass is 10.00. The number of Topliss-reactive ketones (excluding diaryl/α,β-unsaturated/α-hetero) is 1. The Hall–Kier alpha value is -2.13. The summed E-state index contributed by atoms with van der Waals surface area (Å²) >= 11 is 0. The molecule has 2 aromatic rings. The number of ether oxygens (including phenoxy) is 1. The van der Waals surface area contributed by atoms with Gasteiger partial charge in [-0.15, -0.1) is 0 Å². The first-order valence-corrected chi connectivity index (χ1v) is 8.68. The van der Waals surface area contributed by atoms with Crippen LogP contribution in [0.15, 0.2) is 48.5 Å². The number of benzene rings is 2. The van der Waals surface area contributed by atoms with Crippen molar-refractivity contribution in [3.63, 3.8) is 0 Å². The van der Waals surface area contributed by atoms with E-state index in [4.69, 9.17) is 4.74 Å².